The van der Waals surface area contributed by atoms with Gasteiger partial charge >= 0.3 is 0 Å². The third-order valence-corrected chi connectivity index (χ3v) is 5.02. The fourth-order valence-electron chi connectivity index (χ4n) is 3.14. The van der Waals surface area contributed by atoms with Gasteiger partial charge in [-0.05, 0) is 43.0 Å². The lowest BCUT2D eigenvalue weighted by Crippen LogP contribution is -2.25. The van der Waals surface area contributed by atoms with E-state index in [-0.39, 0.29) is 0 Å². The highest BCUT2D eigenvalue weighted by atomic mass is 35.5. The van der Waals surface area contributed by atoms with Crippen LogP contribution in [0.3, 0.4) is 0 Å². The molecule has 1 unspecified atom stereocenters. The minimum Gasteiger partial charge on any atom is -0.310 e. The largest absolute Gasteiger partial charge is 0.310 e. The Bertz CT molecular complexity index is 413. The lowest BCUT2D eigenvalue weighted by Gasteiger charge is -2.27. The van der Waals surface area contributed by atoms with Crippen molar-refractivity contribution in [2.24, 2.45) is 5.92 Å². The van der Waals surface area contributed by atoms with Crippen LogP contribution >= 0.6 is 23.2 Å². The van der Waals surface area contributed by atoms with Gasteiger partial charge in [-0.15, -0.1) is 0 Å². The quantitative estimate of drug-likeness (QED) is 0.678. The Morgan fingerprint density at radius 3 is 2.55 bits per heavy atom. The van der Waals surface area contributed by atoms with Gasteiger partial charge in [-0.25, -0.2) is 0 Å². The zero-order valence-electron chi connectivity index (χ0n) is 12.3. The van der Waals surface area contributed by atoms with Gasteiger partial charge in [0.1, 0.15) is 0 Å². The minimum absolute atomic E-state index is 0.410. The van der Waals surface area contributed by atoms with Gasteiger partial charge in [-0.1, -0.05) is 68.3 Å². The Hall–Kier alpha value is -0.240. The number of hydrogen-bond donors (Lipinski definition) is 1. The van der Waals surface area contributed by atoms with Crippen LogP contribution in [0.1, 0.15) is 63.5 Å². The lowest BCUT2D eigenvalue weighted by molar-refractivity contribution is 0.300. The predicted molar refractivity (Wildman–Crippen MR) is 88.7 cm³/mol. The third-order valence-electron chi connectivity index (χ3n) is 4.28. The van der Waals surface area contributed by atoms with Gasteiger partial charge in [0.05, 0.1) is 10.0 Å². The van der Waals surface area contributed by atoms with Crippen molar-refractivity contribution in [1.29, 1.82) is 0 Å². The van der Waals surface area contributed by atoms with E-state index in [0.717, 1.165) is 18.9 Å². The number of rotatable bonds is 6. The topological polar surface area (TPSA) is 12.0 Å². The molecule has 1 aromatic rings. The fraction of sp³-hybridized carbons (Fsp3) is 0.647. The molecule has 0 aliphatic heterocycles. The van der Waals surface area contributed by atoms with E-state index >= 15 is 0 Å². The second kappa shape index (κ2) is 8.26. The van der Waals surface area contributed by atoms with Gasteiger partial charge in [0.25, 0.3) is 0 Å². The van der Waals surface area contributed by atoms with Crippen LogP contribution in [0.2, 0.25) is 10.0 Å². The van der Waals surface area contributed by atoms with Gasteiger partial charge in [-0.3, -0.25) is 0 Å². The van der Waals surface area contributed by atoms with Crippen LogP contribution in [0.5, 0.6) is 0 Å². The third kappa shape index (κ3) is 4.65. The number of halogens is 2. The van der Waals surface area contributed by atoms with E-state index in [4.69, 9.17) is 23.2 Å². The first-order chi connectivity index (χ1) is 9.70. The zero-order chi connectivity index (χ0) is 14.4. The molecule has 1 N–H and O–H groups in total. The molecule has 20 heavy (non-hydrogen) atoms. The molecular weight excluding hydrogens is 289 g/mol. The Morgan fingerprint density at radius 1 is 1.15 bits per heavy atom. The molecule has 2 rings (SSSR count). The first kappa shape index (κ1) is 16.1. The second-order valence-electron chi connectivity index (χ2n) is 5.92. The van der Waals surface area contributed by atoms with Crippen LogP contribution in [0.4, 0.5) is 0 Å². The molecule has 0 amide bonds. The van der Waals surface area contributed by atoms with E-state index in [1.54, 1.807) is 0 Å². The molecule has 1 aliphatic carbocycles. The Balaban J connectivity index is 2.06. The smallest absolute Gasteiger partial charge is 0.0595 e. The highest BCUT2D eigenvalue weighted by Crippen LogP contribution is 2.33. The molecule has 1 atom stereocenters. The molecule has 0 aromatic heterocycles. The predicted octanol–water partition coefficient (Wildman–Crippen LogP) is 6.00. The molecular formula is C17H25Cl2N. The zero-order valence-corrected chi connectivity index (χ0v) is 13.8. The molecule has 3 heteroatoms. The van der Waals surface area contributed by atoms with E-state index in [9.17, 15) is 0 Å². The minimum atomic E-state index is 0.410. The summed E-state index contributed by atoms with van der Waals surface area (Å²) in [5.41, 5.74) is 1.28. The Kier molecular flexibility index (Phi) is 6.67. The van der Waals surface area contributed by atoms with Crippen molar-refractivity contribution in [3.05, 3.63) is 33.8 Å². The fourth-order valence-corrected chi connectivity index (χ4v) is 3.45. The molecule has 0 saturated heterocycles. The normalized spacial score (nSPS) is 18.1. The van der Waals surface area contributed by atoms with Crippen molar-refractivity contribution in [1.82, 2.24) is 5.32 Å². The Labute approximate surface area is 133 Å². The molecule has 1 aliphatic rings. The van der Waals surface area contributed by atoms with Crippen LogP contribution in [-0.4, -0.2) is 6.54 Å². The van der Waals surface area contributed by atoms with Gasteiger partial charge in [0.15, 0.2) is 0 Å². The maximum Gasteiger partial charge on any atom is 0.0595 e. The summed E-state index contributed by atoms with van der Waals surface area (Å²) in [5, 5.41) is 4.98. The highest BCUT2D eigenvalue weighted by Gasteiger charge is 2.20. The van der Waals surface area contributed by atoms with Crippen LogP contribution < -0.4 is 5.32 Å². The molecule has 0 heterocycles. The maximum atomic E-state index is 6.17. The summed E-state index contributed by atoms with van der Waals surface area (Å²) in [6, 6.07) is 6.47. The summed E-state index contributed by atoms with van der Waals surface area (Å²) in [7, 11) is 0. The second-order valence-corrected chi connectivity index (χ2v) is 6.73. The molecule has 1 fully saturated rings. The van der Waals surface area contributed by atoms with Crippen molar-refractivity contribution in [2.75, 3.05) is 6.54 Å². The van der Waals surface area contributed by atoms with E-state index in [0.29, 0.717) is 16.1 Å². The van der Waals surface area contributed by atoms with Gasteiger partial charge < -0.3 is 5.32 Å². The number of benzene rings is 1. The molecule has 1 saturated carbocycles. The molecule has 0 spiro atoms. The molecule has 0 bridgehead atoms. The average Bonchev–Trinajstić information content (AvgIpc) is 2.47. The molecule has 1 aromatic carbocycles. The van der Waals surface area contributed by atoms with Gasteiger partial charge in [0.2, 0.25) is 0 Å². The first-order valence-electron chi connectivity index (χ1n) is 7.89. The van der Waals surface area contributed by atoms with E-state index < -0.39 is 0 Å². The van der Waals surface area contributed by atoms with Crippen molar-refractivity contribution in [3.8, 4) is 0 Å². The van der Waals surface area contributed by atoms with Crippen LogP contribution in [0.25, 0.3) is 0 Å². The average molecular weight is 314 g/mol. The summed E-state index contributed by atoms with van der Waals surface area (Å²) >= 11 is 12.2. The summed E-state index contributed by atoms with van der Waals surface area (Å²) in [6.45, 7) is 3.26. The van der Waals surface area contributed by atoms with Crippen molar-refractivity contribution in [3.63, 3.8) is 0 Å². The van der Waals surface area contributed by atoms with Crippen LogP contribution in [0.15, 0.2) is 18.2 Å². The summed E-state index contributed by atoms with van der Waals surface area (Å²) in [6.07, 6.45) is 9.34. The Morgan fingerprint density at radius 2 is 1.90 bits per heavy atom. The van der Waals surface area contributed by atoms with Crippen LogP contribution in [-0.2, 0) is 0 Å². The molecule has 112 valence electrons. The SMILES string of the molecule is CCCNC(CC1CCCCC1)c1ccc(Cl)c(Cl)c1. The summed E-state index contributed by atoms with van der Waals surface area (Å²) in [5.74, 6) is 0.854. The van der Waals surface area contributed by atoms with Gasteiger partial charge in [-0.2, -0.15) is 0 Å². The van der Waals surface area contributed by atoms with E-state index in [1.807, 2.05) is 12.1 Å². The van der Waals surface area contributed by atoms with Crippen LogP contribution in [0, 0.1) is 5.92 Å². The first-order valence-corrected chi connectivity index (χ1v) is 8.64. The van der Waals surface area contributed by atoms with Crippen molar-refractivity contribution in [2.45, 2.75) is 57.9 Å². The summed E-state index contributed by atoms with van der Waals surface area (Å²) in [4.78, 5) is 0. The molecule has 0 radical (unpaired) electrons. The van der Waals surface area contributed by atoms with Crippen molar-refractivity contribution >= 4 is 23.2 Å². The highest BCUT2D eigenvalue weighted by molar-refractivity contribution is 6.42. The van der Waals surface area contributed by atoms with E-state index in [1.165, 1.54) is 44.1 Å². The number of hydrogen-bond acceptors (Lipinski definition) is 1. The summed E-state index contributed by atoms with van der Waals surface area (Å²) < 4.78 is 0. The van der Waals surface area contributed by atoms with Gasteiger partial charge in [0, 0.05) is 6.04 Å². The number of nitrogens with one attached hydrogen (secondary N) is 1. The lowest BCUT2D eigenvalue weighted by atomic mass is 9.83. The monoisotopic (exact) mass is 313 g/mol. The molecule has 1 nitrogen and oxygen atoms in total. The maximum absolute atomic E-state index is 6.17. The standard InChI is InChI=1S/C17H25Cl2N/c1-2-10-20-17(11-13-6-4-3-5-7-13)14-8-9-15(18)16(19)12-14/h8-9,12-13,17,20H,2-7,10-11H2,1H3. The van der Waals surface area contributed by atoms with Crippen molar-refractivity contribution < 1.29 is 0 Å². The van der Waals surface area contributed by atoms with E-state index in [2.05, 4.69) is 18.3 Å².